The van der Waals surface area contributed by atoms with Gasteiger partial charge in [-0.05, 0) is 44.2 Å². The molecule has 0 aliphatic rings. The first kappa shape index (κ1) is 14.9. The van der Waals surface area contributed by atoms with E-state index in [4.69, 9.17) is 0 Å². The molecule has 0 saturated carbocycles. The number of nitrogens with one attached hydrogen (secondary N) is 1. The molecule has 6 heteroatoms. The maximum absolute atomic E-state index is 13.4. The standard InChI is InChI=1S/C17H14FN3O2/c1-9-13(10(2)21-20-9)6-4-12-8-15(17(22)23)14-5-3-11(18)7-16(14)19-12/h3-8H,1-2H3,(H,20,21)(H,22,23)/b6-4+. The van der Waals surface area contributed by atoms with Gasteiger partial charge in [0.15, 0.2) is 0 Å². The van der Waals surface area contributed by atoms with E-state index in [2.05, 4.69) is 15.2 Å². The van der Waals surface area contributed by atoms with Crippen molar-refractivity contribution in [3.8, 4) is 0 Å². The number of aromatic carboxylic acids is 1. The fraction of sp³-hybridized carbons (Fsp3) is 0.118. The summed E-state index contributed by atoms with van der Waals surface area (Å²) in [4.78, 5) is 15.7. The number of carboxylic acids is 1. The van der Waals surface area contributed by atoms with Crippen molar-refractivity contribution < 1.29 is 14.3 Å². The highest BCUT2D eigenvalue weighted by molar-refractivity contribution is 6.03. The first-order valence-electron chi connectivity index (χ1n) is 6.99. The largest absolute Gasteiger partial charge is 0.478 e. The minimum Gasteiger partial charge on any atom is -0.478 e. The maximum Gasteiger partial charge on any atom is 0.336 e. The zero-order valence-electron chi connectivity index (χ0n) is 12.6. The highest BCUT2D eigenvalue weighted by Gasteiger charge is 2.12. The monoisotopic (exact) mass is 311 g/mol. The SMILES string of the molecule is Cc1n[nH]c(C)c1/C=C/c1cc(C(=O)O)c2ccc(F)cc2n1. The number of H-pyrrole nitrogens is 1. The Labute approximate surface area is 131 Å². The van der Waals surface area contributed by atoms with Gasteiger partial charge < -0.3 is 5.11 Å². The molecular weight excluding hydrogens is 297 g/mol. The van der Waals surface area contributed by atoms with Crippen LogP contribution in [0, 0.1) is 19.7 Å². The average molecular weight is 311 g/mol. The third kappa shape index (κ3) is 2.83. The van der Waals surface area contributed by atoms with Crippen molar-refractivity contribution in [3.63, 3.8) is 0 Å². The van der Waals surface area contributed by atoms with Crippen LogP contribution in [-0.4, -0.2) is 26.3 Å². The molecule has 2 N–H and O–H groups in total. The molecule has 2 aromatic heterocycles. The summed E-state index contributed by atoms with van der Waals surface area (Å²) < 4.78 is 13.4. The highest BCUT2D eigenvalue weighted by Crippen LogP contribution is 2.21. The third-order valence-electron chi connectivity index (χ3n) is 3.63. The normalized spacial score (nSPS) is 11.4. The molecule has 0 bridgehead atoms. The Kier molecular flexibility index (Phi) is 3.65. The molecular formula is C17H14FN3O2. The molecule has 1 aromatic carbocycles. The highest BCUT2D eigenvalue weighted by atomic mass is 19.1. The number of hydrogen-bond acceptors (Lipinski definition) is 3. The summed E-state index contributed by atoms with van der Waals surface area (Å²) in [5.41, 5.74) is 3.51. The van der Waals surface area contributed by atoms with Gasteiger partial charge in [-0.1, -0.05) is 0 Å². The number of nitrogens with zero attached hydrogens (tertiary/aromatic N) is 2. The van der Waals surface area contributed by atoms with Crippen LogP contribution in [0.5, 0.6) is 0 Å². The first-order chi connectivity index (χ1) is 11.0. The lowest BCUT2D eigenvalue weighted by molar-refractivity contribution is 0.0699. The van der Waals surface area contributed by atoms with Gasteiger partial charge in [-0.2, -0.15) is 5.10 Å². The number of hydrogen-bond donors (Lipinski definition) is 2. The number of benzene rings is 1. The molecule has 0 unspecified atom stereocenters. The number of carboxylic acid groups (broad SMARTS) is 1. The number of halogens is 1. The minimum atomic E-state index is -1.07. The number of pyridine rings is 1. The zero-order chi connectivity index (χ0) is 16.6. The van der Waals surface area contributed by atoms with Gasteiger partial charge in [0.1, 0.15) is 5.82 Å². The molecule has 0 atom stereocenters. The van der Waals surface area contributed by atoms with Crippen LogP contribution in [0.1, 0.15) is 33.0 Å². The van der Waals surface area contributed by atoms with E-state index in [1.54, 1.807) is 6.08 Å². The summed E-state index contributed by atoms with van der Waals surface area (Å²) in [6, 6.07) is 5.36. The summed E-state index contributed by atoms with van der Waals surface area (Å²) in [5.74, 6) is -1.53. The summed E-state index contributed by atoms with van der Waals surface area (Å²) in [6.07, 6.45) is 3.51. The zero-order valence-corrected chi connectivity index (χ0v) is 12.6. The van der Waals surface area contributed by atoms with E-state index >= 15 is 0 Å². The van der Waals surface area contributed by atoms with Crippen molar-refractivity contribution in [1.82, 2.24) is 15.2 Å². The van der Waals surface area contributed by atoms with Crippen LogP contribution in [0.4, 0.5) is 4.39 Å². The number of aryl methyl sites for hydroxylation is 2. The van der Waals surface area contributed by atoms with Crippen molar-refractivity contribution in [2.45, 2.75) is 13.8 Å². The van der Waals surface area contributed by atoms with Crippen molar-refractivity contribution in [2.75, 3.05) is 0 Å². The number of fused-ring (bicyclic) bond motifs is 1. The van der Waals surface area contributed by atoms with E-state index < -0.39 is 11.8 Å². The summed E-state index contributed by atoms with van der Waals surface area (Å²) in [6.45, 7) is 3.76. The van der Waals surface area contributed by atoms with E-state index in [1.807, 2.05) is 19.9 Å². The van der Waals surface area contributed by atoms with Gasteiger partial charge in [0.25, 0.3) is 0 Å². The van der Waals surface area contributed by atoms with Crippen molar-refractivity contribution in [1.29, 1.82) is 0 Å². The second-order valence-electron chi connectivity index (χ2n) is 5.24. The van der Waals surface area contributed by atoms with Crippen LogP contribution in [0.2, 0.25) is 0 Å². The van der Waals surface area contributed by atoms with E-state index in [0.29, 0.717) is 16.6 Å². The molecule has 0 saturated heterocycles. The first-order valence-corrected chi connectivity index (χ1v) is 6.99. The maximum atomic E-state index is 13.4. The average Bonchev–Trinajstić information content (AvgIpc) is 2.82. The van der Waals surface area contributed by atoms with Gasteiger partial charge in [-0.15, -0.1) is 0 Å². The number of aromatic amines is 1. The molecule has 0 aliphatic carbocycles. The second kappa shape index (κ2) is 5.64. The van der Waals surface area contributed by atoms with Crippen LogP contribution in [-0.2, 0) is 0 Å². The van der Waals surface area contributed by atoms with E-state index in [-0.39, 0.29) is 5.56 Å². The van der Waals surface area contributed by atoms with E-state index in [9.17, 15) is 14.3 Å². The smallest absolute Gasteiger partial charge is 0.336 e. The van der Waals surface area contributed by atoms with Crippen LogP contribution >= 0.6 is 0 Å². The Hall–Kier alpha value is -3.02. The predicted molar refractivity (Wildman–Crippen MR) is 85.7 cm³/mol. The molecule has 0 spiro atoms. The lowest BCUT2D eigenvalue weighted by atomic mass is 10.1. The lowest BCUT2D eigenvalue weighted by Gasteiger charge is -2.04. The van der Waals surface area contributed by atoms with Gasteiger partial charge >= 0.3 is 5.97 Å². The van der Waals surface area contributed by atoms with Gasteiger partial charge in [0.2, 0.25) is 0 Å². The van der Waals surface area contributed by atoms with Crippen molar-refractivity contribution >= 4 is 29.0 Å². The molecule has 0 radical (unpaired) electrons. The number of carbonyl (C=O) groups is 1. The van der Waals surface area contributed by atoms with Crippen LogP contribution in [0.25, 0.3) is 23.1 Å². The number of aromatic nitrogens is 3. The fourth-order valence-electron chi connectivity index (χ4n) is 2.46. The van der Waals surface area contributed by atoms with Crippen molar-refractivity contribution in [3.05, 3.63) is 58.3 Å². The number of rotatable bonds is 3. The van der Waals surface area contributed by atoms with Gasteiger partial charge in [-0.25, -0.2) is 14.2 Å². The van der Waals surface area contributed by atoms with Crippen molar-refractivity contribution in [2.24, 2.45) is 0 Å². The Morgan fingerprint density at radius 2 is 2.04 bits per heavy atom. The van der Waals surface area contributed by atoms with E-state index in [1.165, 1.54) is 24.3 Å². The fourth-order valence-corrected chi connectivity index (χ4v) is 2.46. The third-order valence-corrected chi connectivity index (χ3v) is 3.63. The molecule has 2 heterocycles. The summed E-state index contributed by atoms with van der Waals surface area (Å²) in [5, 5.41) is 16.7. The molecule has 116 valence electrons. The molecule has 3 aromatic rings. The Morgan fingerprint density at radius 1 is 1.26 bits per heavy atom. The van der Waals surface area contributed by atoms with E-state index in [0.717, 1.165) is 17.0 Å². The van der Waals surface area contributed by atoms with Crippen LogP contribution in [0.3, 0.4) is 0 Å². The molecule has 3 rings (SSSR count). The lowest BCUT2D eigenvalue weighted by Crippen LogP contribution is -2.00. The topological polar surface area (TPSA) is 78.9 Å². The predicted octanol–water partition coefficient (Wildman–Crippen LogP) is 3.58. The van der Waals surface area contributed by atoms with Gasteiger partial charge in [-0.3, -0.25) is 5.10 Å². The van der Waals surface area contributed by atoms with Crippen LogP contribution in [0.15, 0.2) is 24.3 Å². The molecule has 23 heavy (non-hydrogen) atoms. The molecule has 0 aliphatic heterocycles. The molecule has 5 nitrogen and oxygen atoms in total. The quantitative estimate of drug-likeness (QED) is 0.775. The Morgan fingerprint density at radius 3 is 2.70 bits per heavy atom. The summed E-state index contributed by atoms with van der Waals surface area (Å²) in [7, 11) is 0. The molecule has 0 amide bonds. The Bertz CT molecular complexity index is 925. The summed E-state index contributed by atoms with van der Waals surface area (Å²) >= 11 is 0. The Balaban J connectivity index is 2.13. The molecule has 0 fully saturated rings. The van der Waals surface area contributed by atoms with Gasteiger partial charge in [0, 0.05) is 22.7 Å². The minimum absolute atomic E-state index is 0.0929. The van der Waals surface area contributed by atoms with Gasteiger partial charge in [0.05, 0.1) is 22.5 Å². The second-order valence-corrected chi connectivity index (χ2v) is 5.24. The van der Waals surface area contributed by atoms with Crippen LogP contribution < -0.4 is 0 Å².